The Morgan fingerprint density at radius 3 is 2.53 bits per heavy atom. The van der Waals surface area contributed by atoms with Gasteiger partial charge in [0.2, 0.25) is 0 Å². The summed E-state index contributed by atoms with van der Waals surface area (Å²) in [5, 5.41) is 27.2. The Morgan fingerprint density at radius 1 is 1.27 bits per heavy atom. The molecule has 0 radical (unpaired) electrons. The maximum Gasteiger partial charge on any atom is 1.00 e. The van der Waals surface area contributed by atoms with Crippen molar-refractivity contribution >= 4 is 23.4 Å². The summed E-state index contributed by atoms with van der Waals surface area (Å²) >= 11 is 0. The molecule has 8 heteroatoms. The molecule has 0 aliphatic heterocycles. The molecule has 0 aliphatic rings. The van der Waals surface area contributed by atoms with E-state index in [1.54, 1.807) is 17.7 Å². The van der Waals surface area contributed by atoms with Gasteiger partial charge in [-0.1, -0.05) is 0 Å². The van der Waals surface area contributed by atoms with E-state index >= 15 is 0 Å². The van der Waals surface area contributed by atoms with E-state index in [1.165, 1.54) is 12.5 Å². The van der Waals surface area contributed by atoms with Gasteiger partial charge in [0.05, 0.1) is 17.4 Å². The Labute approximate surface area is 97.8 Å². The van der Waals surface area contributed by atoms with Crippen LogP contribution in [0.2, 0.25) is 0 Å². The standard InChI is InChI=1S/C7H9BN3O3.Li/c1-11-4-10-6-5(11)2-3-9-7(6)8(12,13)14;/h2-4,12-14H,1H3;/q-1;+1. The summed E-state index contributed by atoms with van der Waals surface area (Å²) in [7, 11) is 1.76. The molecule has 0 aromatic carbocycles. The first-order chi connectivity index (χ1) is 6.50. The van der Waals surface area contributed by atoms with Crippen molar-refractivity contribution in [3.05, 3.63) is 18.6 Å². The molecule has 0 fully saturated rings. The SMILES string of the molecule is Cn1cnc2c([B-](O)(O)O)nccc21.[Li+]. The maximum absolute atomic E-state index is 9.06. The van der Waals surface area contributed by atoms with Gasteiger partial charge in [-0.3, -0.25) is 4.98 Å². The van der Waals surface area contributed by atoms with Gasteiger partial charge in [0.15, 0.2) is 0 Å². The molecule has 0 saturated heterocycles. The van der Waals surface area contributed by atoms with Gasteiger partial charge < -0.3 is 19.6 Å². The second-order valence-electron chi connectivity index (χ2n) is 3.15. The Morgan fingerprint density at radius 2 is 1.93 bits per heavy atom. The van der Waals surface area contributed by atoms with Crippen molar-refractivity contribution in [3.63, 3.8) is 0 Å². The van der Waals surface area contributed by atoms with E-state index in [1.807, 2.05) is 0 Å². The molecule has 2 rings (SSSR count). The topological polar surface area (TPSA) is 91.4 Å². The number of hydrogen-bond donors (Lipinski definition) is 3. The summed E-state index contributed by atoms with van der Waals surface area (Å²) in [5.41, 5.74) is 0.768. The van der Waals surface area contributed by atoms with Gasteiger partial charge in [0.25, 0.3) is 0 Å². The average molecular weight is 201 g/mol. The Hall–Kier alpha value is -0.838. The molecule has 3 N–H and O–H groups in total. The van der Waals surface area contributed by atoms with Crippen LogP contribution in [0.25, 0.3) is 11.0 Å². The van der Waals surface area contributed by atoms with Crippen molar-refractivity contribution in [1.29, 1.82) is 0 Å². The van der Waals surface area contributed by atoms with Gasteiger partial charge in [-0.05, 0) is 11.7 Å². The molecule has 2 heterocycles. The number of nitrogens with zero attached hydrogens (tertiary/aromatic N) is 3. The van der Waals surface area contributed by atoms with E-state index in [0.29, 0.717) is 11.0 Å². The molecule has 0 aliphatic carbocycles. The third kappa shape index (κ3) is 2.07. The Bertz CT molecular complexity index is 482. The number of hydrogen-bond acceptors (Lipinski definition) is 5. The number of pyridine rings is 1. The molecule has 2 aromatic heterocycles. The smallest absolute Gasteiger partial charge is 0.555 e. The van der Waals surface area contributed by atoms with Crippen molar-refractivity contribution in [3.8, 4) is 0 Å². The van der Waals surface area contributed by atoms with Crippen molar-refractivity contribution < 1.29 is 33.9 Å². The van der Waals surface area contributed by atoms with Crippen LogP contribution in [0.4, 0.5) is 0 Å². The minimum Gasteiger partial charge on any atom is -0.555 e. The number of aromatic nitrogens is 3. The molecule has 0 unspecified atom stereocenters. The van der Waals surface area contributed by atoms with Crippen LogP contribution in [-0.4, -0.2) is 36.4 Å². The quantitative estimate of drug-likeness (QED) is 0.402. The monoisotopic (exact) mass is 201 g/mol. The summed E-state index contributed by atoms with van der Waals surface area (Å²) < 4.78 is 1.70. The van der Waals surface area contributed by atoms with E-state index < -0.39 is 6.75 Å². The second kappa shape index (κ2) is 3.96. The van der Waals surface area contributed by atoms with E-state index in [2.05, 4.69) is 9.97 Å². The van der Waals surface area contributed by atoms with Crippen LogP contribution in [0.5, 0.6) is 0 Å². The maximum atomic E-state index is 9.06. The van der Waals surface area contributed by atoms with Crippen molar-refractivity contribution in [2.24, 2.45) is 7.05 Å². The summed E-state index contributed by atoms with van der Waals surface area (Å²) in [5.74, 6) is 0. The Balaban J connectivity index is 0.00000112. The fraction of sp³-hybridized carbons (Fsp3) is 0.143. The predicted octanol–water partition coefficient (Wildman–Crippen LogP) is -4.90. The average Bonchev–Trinajstić information content (AvgIpc) is 2.46. The fourth-order valence-corrected chi connectivity index (χ4v) is 1.37. The van der Waals surface area contributed by atoms with Crippen LogP contribution >= 0.6 is 0 Å². The summed E-state index contributed by atoms with van der Waals surface area (Å²) in [6.45, 7) is -3.59. The van der Waals surface area contributed by atoms with Gasteiger partial charge in [0, 0.05) is 13.2 Å². The van der Waals surface area contributed by atoms with E-state index in [-0.39, 0.29) is 24.5 Å². The molecule has 0 atom stereocenters. The minimum absolute atomic E-state index is 0. The van der Waals surface area contributed by atoms with E-state index in [0.717, 1.165) is 0 Å². The van der Waals surface area contributed by atoms with Crippen molar-refractivity contribution in [1.82, 2.24) is 14.5 Å². The first kappa shape index (κ1) is 12.2. The molecule has 0 spiro atoms. The van der Waals surface area contributed by atoms with Gasteiger partial charge in [-0.2, -0.15) is 0 Å². The molecule has 15 heavy (non-hydrogen) atoms. The number of fused-ring (bicyclic) bond motifs is 1. The first-order valence-corrected chi connectivity index (χ1v) is 4.08. The third-order valence-corrected chi connectivity index (χ3v) is 2.04. The first-order valence-electron chi connectivity index (χ1n) is 4.08. The van der Waals surface area contributed by atoms with Crippen LogP contribution in [0.1, 0.15) is 0 Å². The third-order valence-electron chi connectivity index (χ3n) is 2.04. The van der Waals surface area contributed by atoms with Crippen LogP contribution in [0.15, 0.2) is 18.6 Å². The predicted molar refractivity (Wildman–Crippen MR) is 50.6 cm³/mol. The van der Waals surface area contributed by atoms with Gasteiger partial charge >= 0.3 is 25.6 Å². The summed E-state index contributed by atoms with van der Waals surface area (Å²) in [6, 6.07) is 1.67. The molecular formula is C7H9BLiN3O3. The minimum atomic E-state index is -3.59. The van der Waals surface area contributed by atoms with Gasteiger partial charge in [0.1, 0.15) is 0 Å². The summed E-state index contributed by atoms with van der Waals surface area (Å²) in [4.78, 5) is 7.61. The fourth-order valence-electron chi connectivity index (χ4n) is 1.37. The number of rotatable bonds is 1. The Kier molecular flexibility index (Phi) is 3.23. The molecular weight excluding hydrogens is 192 g/mol. The molecule has 2 aromatic rings. The zero-order chi connectivity index (χ0) is 10.3. The molecule has 0 bridgehead atoms. The van der Waals surface area contributed by atoms with Crippen molar-refractivity contribution in [2.45, 2.75) is 0 Å². The molecule has 6 nitrogen and oxygen atoms in total. The van der Waals surface area contributed by atoms with Gasteiger partial charge in [-0.25, -0.2) is 4.98 Å². The molecule has 74 valence electrons. The van der Waals surface area contributed by atoms with E-state index in [4.69, 9.17) is 15.1 Å². The second-order valence-corrected chi connectivity index (χ2v) is 3.15. The van der Waals surface area contributed by atoms with Crippen molar-refractivity contribution in [2.75, 3.05) is 0 Å². The van der Waals surface area contributed by atoms with E-state index in [9.17, 15) is 0 Å². The largest absolute Gasteiger partial charge is 1.00 e. The van der Waals surface area contributed by atoms with Crippen LogP contribution in [0.3, 0.4) is 0 Å². The molecule has 0 saturated carbocycles. The normalized spacial score (nSPS) is 11.5. The number of aryl methyl sites for hydroxylation is 1. The summed E-state index contributed by atoms with van der Waals surface area (Å²) in [6.07, 6.45) is 2.90. The zero-order valence-corrected chi connectivity index (χ0v) is 8.49. The van der Waals surface area contributed by atoms with Crippen LogP contribution < -0.4 is 24.5 Å². The van der Waals surface area contributed by atoms with Crippen LogP contribution in [0, 0.1) is 0 Å². The van der Waals surface area contributed by atoms with Crippen LogP contribution in [-0.2, 0) is 7.05 Å². The zero-order valence-electron chi connectivity index (χ0n) is 8.49. The van der Waals surface area contributed by atoms with Gasteiger partial charge in [-0.15, -0.1) is 0 Å². The number of imidazole rings is 1. The molecule has 0 amide bonds.